The Morgan fingerprint density at radius 2 is 1.73 bits per heavy atom. The predicted molar refractivity (Wildman–Crippen MR) is 56.1 cm³/mol. The molecule has 0 heterocycles. The fourth-order valence-electron chi connectivity index (χ4n) is 0.918. The van der Waals surface area contributed by atoms with Crippen LogP contribution in [0.1, 0.15) is 0 Å². The lowest BCUT2D eigenvalue weighted by Gasteiger charge is -2.28. The lowest BCUT2D eigenvalue weighted by atomic mass is 11.8. The Bertz CT molecular complexity index is 116. The summed E-state index contributed by atoms with van der Waals surface area (Å²) in [4.78, 5) is 0. The van der Waals surface area contributed by atoms with Crippen molar-refractivity contribution in [2.45, 2.75) is 32.7 Å². The molecule has 0 rings (SSSR count). The van der Waals surface area contributed by atoms with E-state index in [1.165, 1.54) is 0 Å². The molecule has 0 aromatic carbocycles. The van der Waals surface area contributed by atoms with Gasteiger partial charge in [0, 0.05) is 7.11 Å². The molecule has 5 heteroatoms. The minimum absolute atomic E-state index is 0.649. The van der Waals surface area contributed by atoms with E-state index in [1.54, 1.807) is 7.11 Å². The van der Waals surface area contributed by atoms with Crippen molar-refractivity contribution in [3.63, 3.8) is 0 Å². The standard InChI is InChI=1S/C6H19O2Si3/c1-7-10(4)11(5,6)8-9(2)3/h9H,1-6H3. The van der Waals surface area contributed by atoms with Crippen LogP contribution in [0, 0.1) is 0 Å². The second-order valence-corrected chi connectivity index (χ2v) is 16.7. The van der Waals surface area contributed by atoms with Crippen molar-refractivity contribution in [3.05, 3.63) is 0 Å². The van der Waals surface area contributed by atoms with Gasteiger partial charge in [0.15, 0.2) is 16.9 Å². The van der Waals surface area contributed by atoms with E-state index in [0.717, 1.165) is 0 Å². The molecule has 0 unspecified atom stereocenters. The molecule has 0 spiro atoms. The van der Waals surface area contributed by atoms with Gasteiger partial charge in [0.05, 0.1) is 0 Å². The summed E-state index contributed by atoms with van der Waals surface area (Å²) in [5.74, 6) is 0. The van der Waals surface area contributed by atoms with Crippen LogP contribution < -0.4 is 0 Å². The van der Waals surface area contributed by atoms with E-state index in [4.69, 9.17) is 8.54 Å². The van der Waals surface area contributed by atoms with Crippen LogP contribution in [0.5, 0.6) is 0 Å². The molecule has 0 N–H and O–H groups in total. The smallest absolute Gasteiger partial charge is 0.225 e. The molecular formula is C6H19O2Si3. The minimum Gasteiger partial charge on any atom is -0.459 e. The van der Waals surface area contributed by atoms with Crippen molar-refractivity contribution in [2.75, 3.05) is 7.11 Å². The molecule has 0 bridgehead atoms. The predicted octanol–water partition coefficient (Wildman–Crippen LogP) is 1.54. The first-order chi connectivity index (χ1) is 4.90. The topological polar surface area (TPSA) is 18.5 Å². The maximum atomic E-state index is 5.99. The lowest BCUT2D eigenvalue weighted by molar-refractivity contribution is 0.428. The van der Waals surface area contributed by atoms with Crippen LogP contribution >= 0.6 is 0 Å². The Balaban J connectivity index is 3.98. The number of hydrogen-bond donors (Lipinski definition) is 0. The summed E-state index contributed by atoms with van der Waals surface area (Å²) in [6.07, 6.45) is 0. The van der Waals surface area contributed by atoms with E-state index in [1.807, 2.05) is 0 Å². The van der Waals surface area contributed by atoms with Crippen LogP contribution in [0.2, 0.25) is 32.7 Å². The van der Waals surface area contributed by atoms with Crippen molar-refractivity contribution in [2.24, 2.45) is 0 Å². The third-order valence-electron chi connectivity index (χ3n) is 1.68. The van der Waals surface area contributed by atoms with E-state index >= 15 is 0 Å². The summed E-state index contributed by atoms with van der Waals surface area (Å²) in [6, 6.07) is 0. The third-order valence-corrected chi connectivity index (χ3v) is 15.0. The zero-order chi connectivity index (χ0) is 9.07. The molecule has 0 aliphatic heterocycles. The zero-order valence-corrected chi connectivity index (χ0v) is 11.5. The maximum Gasteiger partial charge on any atom is 0.225 e. The van der Waals surface area contributed by atoms with Gasteiger partial charge >= 0.3 is 0 Å². The van der Waals surface area contributed by atoms with E-state index in [-0.39, 0.29) is 0 Å². The average Bonchev–Trinajstić information content (AvgIpc) is 1.83. The first-order valence-corrected chi connectivity index (χ1v) is 12.6. The van der Waals surface area contributed by atoms with Crippen molar-refractivity contribution >= 4 is 25.4 Å². The lowest BCUT2D eigenvalue weighted by Crippen LogP contribution is -2.50. The minimum atomic E-state index is -1.43. The first kappa shape index (κ1) is 11.6. The molecule has 1 radical (unpaired) electrons. The highest BCUT2D eigenvalue weighted by atomic mass is 29.3. The van der Waals surface area contributed by atoms with Gasteiger partial charge in [-0.1, -0.05) is 0 Å². The summed E-state index contributed by atoms with van der Waals surface area (Å²) < 4.78 is 11.4. The van der Waals surface area contributed by atoms with Crippen LogP contribution in [-0.4, -0.2) is 32.5 Å². The van der Waals surface area contributed by atoms with Crippen LogP contribution in [0.25, 0.3) is 0 Å². The normalized spacial score (nSPS) is 13.1. The molecular weight excluding hydrogens is 188 g/mol. The van der Waals surface area contributed by atoms with Gasteiger partial charge in [-0.2, -0.15) is 0 Å². The van der Waals surface area contributed by atoms with Gasteiger partial charge < -0.3 is 8.54 Å². The first-order valence-electron chi connectivity index (χ1n) is 3.96. The van der Waals surface area contributed by atoms with Crippen molar-refractivity contribution in [3.8, 4) is 0 Å². The van der Waals surface area contributed by atoms with Crippen LogP contribution in [0.3, 0.4) is 0 Å². The van der Waals surface area contributed by atoms with Gasteiger partial charge in [0.1, 0.15) is 0 Å². The van der Waals surface area contributed by atoms with E-state index < -0.39 is 25.4 Å². The van der Waals surface area contributed by atoms with Crippen molar-refractivity contribution in [1.29, 1.82) is 0 Å². The zero-order valence-electron chi connectivity index (χ0n) is 8.39. The van der Waals surface area contributed by atoms with E-state index in [0.29, 0.717) is 0 Å². The van der Waals surface area contributed by atoms with Crippen LogP contribution in [0.15, 0.2) is 0 Å². The van der Waals surface area contributed by atoms with Crippen molar-refractivity contribution in [1.82, 2.24) is 0 Å². The Morgan fingerprint density at radius 1 is 1.27 bits per heavy atom. The molecule has 2 nitrogen and oxygen atoms in total. The molecule has 67 valence electrons. The Morgan fingerprint density at radius 3 is 2.00 bits per heavy atom. The molecule has 11 heavy (non-hydrogen) atoms. The summed E-state index contributed by atoms with van der Waals surface area (Å²) in [5.41, 5.74) is 0. The van der Waals surface area contributed by atoms with Gasteiger partial charge in [-0.25, -0.2) is 0 Å². The highest BCUT2D eigenvalue weighted by Gasteiger charge is 2.33. The second-order valence-electron chi connectivity index (χ2n) is 3.44. The van der Waals surface area contributed by atoms with Gasteiger partial charge in [-0.05, 0) is 32.7 Å². The molecule has 0 aromatic heterocycles. The Kier molecular flexibility index (Phi) is 4.80. The summed E-state index contributed by atoms with van der Waals surface area (Å²) >= 11 is 0. The quantitative estimate of drug-likeness (QED) is 0.651. The Labute approximate surface area is 74.3 Å². The summed E-state index contributed by atoms with van der Waals surface area (Å²) in [6.45, 7) is 11.2. The van der Waals surface area contributed by atoms with E-state index in [9.17, 15) is 0 Å². The Hall–Kier alpha value is 0.571. The second kappa shape index (κ2) is 4.56. The van der Waals surface area contributed by atoms with Crippen LogP contribution in [0.4, 0.5) is 0 Å². The summed E-state index contributed by atoms with van der Waals surface area (Å²) in [5, 5.41) is 0. The molecule has 0 amide bonds. The maximum absolute atomic E-state index is 5.99. The highest BCUT2D eigenvalue weighted by Crippen LogP contribution is 2.10. The van der Waals surface area contributed by atoms with Gasteiger partial charge in [-0.3, -0.25) is 0 Å². The highest BCUT2D eigenvalue weighted by molar-refractivity contribution is 7.27. The van der Waals surface area contributed by atoms with Crippen LogP contribution in [-0.2, 0) is 8.54 Å². The number of rotatable bonds is 4. The third kappa shape index (κ3) is 4.22. The monoisotopic (exact) mass is 207 g/mol. The molecule has 0 aliphatic rings. The summed E-state index contributed by atoms with van der Waals surface area (Å²) in [7, 11) is -1.14. The fourth-order valence-corrected chi connectivity index (χ4v) is 11.9. The van der Waals surface area contributed by atoms with Gasteiger partial charge in [0.25, 0.3) is 0 Å². The van der Waals surface area contributed by atoms with Crippen molar-refractivity contribution < 1.29 is 8.54 Å². The SMILES string of the molecule is CO[Si](C)[Si](C)(C)O[SiH](C)C. The molecule has 0 aromatic rings. The molecule has 0 atom stereocenters. The van der Waals surface area contributed by atoms with Gasteiger partial charge in [-0.15, -0.1) is 0 Å². The molecule has 0 saturated carbocycles. The molecule has 0 aliphatic carbocycles. The number of hydrogen-bond acceptors (Lipinski definition) is 2. The largest absolute Gasteiger partial charge is 0.459 e. The average molecular weight is 207 g/mol. The van der Waals surface area contributed by atoms with E-state index in [2.05, 4.69) is 32.7 Å². The molecule has 0 saturated heterocycles. The molecule has 0 fully saturated rings. The van der Waals surface area contributed by atoms with Gasteiger partial charge in [0.2, 0.25) is 8.56 Å². The fraction of sp³-hybridized carbons (Fsp3) is 1.00.